The van der Waals surface area contributed by atoms with E-state index in [0.717, 1.165) is 11.8 Å². The molecule has 126 valence electrons. The van der Waals surface area contributed by atoms with Gasteiger partial charge in [0.25, 0.3) is 5.69 Å². The van der Waals surface area contributed by atoms with Crippen LogP contribution in [-0.4, -0.2) is 16.1 Å². The van der Waals surface area contributed by atoms with Crippen LogP contribution in [0.5, 0.6) is 0 Å². The third-order valence-corrected chi connectivity index (χ3v) is 3.90. The molecule has 9 heteroatoms. The van der Waals surface area contributed by atoms with Crippen LogP contribution in [0.3, 0.4) is 0 Å². The van der Waals surface area contributed by atoms with Crippen molar-refractivity contribution in [3.8, 4) is 11.3 Å². The average Bonchev–Trinajstić information content (AvgIpc) is 3.07. The smallest absolute Gasteiger partial charge is 0.287 e. The number of anilines is 1. The first kappa shape index (κ1) is 16.9. The number of furan rings is 1. The van der Waals surface area contributed by atoms with E-state index in [1.807, 2.05) is 0 Å². The Morgan fingerprint density at radius 2 is 2.00 bits per heavy atom. The summed E-state index contributed by atoms with van der Waals surface area (Å²) in [7, 11) is 0. The van der Waals surface area contributed by atoms with Crippen molar-refractivity contribution in [1.82, 2.24) is 4.98 Å². The lowest BCUT2D eigenvalue weighted by molar-refractivity contribution is -0.385. The van der Waals surface area contributed by atoms with Crippen molar-refractivity contribution in [3.05, 3.63) is 74.6 Å². The van der Waals surface area contributed by atoms with Crippen LogP contribution in [-0.2, 0) is 0 Å². The maximum absolute atomic E-state index is 10.6. The highest BCUT2D eigenvalue weighted by Crippen LogP contribution is 2.29. The number of nitrogens with zero attached hydrogens (tertiary/aromatic N) is 3. The monoisotopic (exact) mass is 376 g/mol. The number of benzene rings is 1. The van der Waals surface area contributed by atoms with E-state index < -0.39 is 4.92 Å². The minimum Gasteiger partial charge on any atom is -0.455 e. The number of nitrogens with one attached hydrogen (secondary N) is 1. The van der Waals surface area contributed by atoms with Crippen LogP contribution in [0.1, 0.15) is 5.76 Å². The molecule has 0 radical (unpaired) electrons. The molecule has 1 N–H and O–H groups in total. The van der Waals surface area contributed by atoms with Gasteiger partial charge in [0.05, 0.1) is 21.2 Å². The van der Waals surface area contributed by atoms with Crippen molar-refractivity contribution in [2.45, 2.75) is 0 Å². The summed E-state index contributed by atoms with van der Waals surface area (Å²) in [6.07, 6.45) is 2.61. The van der Waals surface area contributed by atoms with Crippen molar-refractivity contribution in [3.63, 3.8) is 0 Å². The highest BCUT2D eigenvalue weighted by molar-refractivity contribution is 6.42. The third kappa shape index (κ3) is 4.14. The first-order valence-electron chi connectivity index (χ1n) is 6.98. The maximum atomic E-state index is 10.6. The number of halogens is 2. The SMILES string of the molecule is O=[N+]([O-])c1ccc(N/N=C/c2ccc(-c3ccc(Cl)c(Cl)c3)o2)nc1. The first-order chi connectivity index (χ1) is 12.0. The molecule has 0 unspecified atom stereocenters. The lowest BCUT2D eigenvalue weighted by Crippen LogP contribution is -1.94. The molecular weight excluding hydrogens is 367 g/mol. The molecule has 0 aliphatic rings. The van der Waals surface area contributed by atoms with Gasteiger partial charge in [0.1, 0.15) is 23.5 Å². The fourth-order valence-corrected chi connectivity index (χ4v) is 2.25. The Hall–Kier alpha value is -2.90. The van der Waals surface area contributed by atoms with Crippen molar-refractivity contribution in [2.75, 3.05) is 5.43 Å². The highest BCUT2D eigenvalue weighted by atomic mass is 35.5. The second-order valence-corrected chi connectivity index (χ2v) is 5.67. The maximum Gasteiger partial charge on any atom is 0.287 e. The van der Waals surface area contributed by atoms with E-state index in [0.29, 0.717) is 27.4 Å². The van der Waals surface area contributed by atoms with Crippen molar-refractivity contribution in [2.24, 2.45) is 5.10 Å². The summed E-state index contributed by atoms with van der Waals surface area (Å²) in [5, 5.41) is 15.4. The molecular formula is C16H10Cl2N4O3. The molecule has 0 atom stereocenters. The number of hydrogen-bond acceptors (Lipinski definition) is 6. The molecule has 2 heterocycles. The van der Waals surface area contributed by atoms with Crippen molar-refractivity contribution in [1.29, 1.82) is 0 Å². The van der Waals surface area contributed by atoms with Crippen LogP contribution in [0.25, 0.3) is 11.3 Å². The van der Waals surface area contributed by atoms with Crippen LogP contribution in [0, 0.1) is 10.1 Å². The molecule has 0 aliphatic carbocycles. The zero-order valence-corrected chi connectivity index (χ0v) is 14.0. The van der Waals surface area contributed by atoms with Crippen LogP contribution < -0.4 is 5.43 Å². The fourth-order valence-electron chi connectivity index (χ4n) is 1.95. The van der Waals surface area contributed by atoms with Crippen molar-refractivity contribution >= 4 is 40.9 Å². The van der Waals surface area contributed by atoms with Gasteiger partial charge in [-0.1, -0.05) is 23.2 Å². The van der Waals surface area contributed by atoms with E-state index in [1.54, 1.807) is 30.3 Å². The summed E-state index contributed by atoms with van der Waals surface area (Å²) < 4.78 is 5.65. The van der Waals surface area contributed by atoms with E-state index in [4.69, 9.17) is 27.6 Å². The molecule has 25 heavy (non-hydrogen) atoms. The first-order valence-corrected chi connectivity index (χ1v) is 7.73. The molecule has 0 saturated carbocycles. The Labute approximate surface area is 152 Å². The van der Waals surface area contributed by atoms with Crippen LogP contribution in [0.15, 0.2) is 58.2 Å². The van der Waals surface area contributed by atoms with Crippen molar-refractivity contribution < 1.29 is 9.34 Å². The number of hydrogen-bond donors (Lipinski definition) is 1. The van der Waals surface area contributed by atoms with Gasteiger partial charge in [-0.05, 0) is 36.4 Å². The molecule has 2 aromatic heterocycles. The number of pyridine rings is 1. The summed E-state index contributed by atoms with van der Waals surface area (Å²) in [6.45, 7) is 0. The molecule has 1 aromatic carbocycles. The highest BCUT2D eigenvalue weighted by Gasteiger charge is 2.07. The lowest BCUT2D eigenvalue weighted by atomic mass is 10.2. The van der Waals surface area contributed by atoms with E-state index >= 15 is 0 Å². The lowest BCUT2D eigenvalue weighted by Gasteiger charge is -1.99. The molecule has 0 amide bonds. The van der Waals surface area contributed by atoms with Gasteiger partial charge in [0, 0.05) is 11.6 Å². The molecule has 0 fully saturated rings. The quantitative estimate of drug-likeness (QED) is 0.384. The summed E-state index contributed by atoms with van der Waals surface area (Å²) in [5.41, 5.74) is 3.36. The Kier molecular flexibility index (Phi) is 4.97. The third-order valence-electron chi connectivity index (χ3n) is 3.16. The van der Waals surface area contributed by atoms with Crippen LogP contribution in [0.4, 0.5) is 11.5 Å². The fraction of sp³-hybridized carbons (Fsp3) is 0. The Bertz CT molecular complexity index is 939. The molecule has 3 rings (SSSR count). The summed E-state index contributed by atoms with van der Waals surface area (Å²) in [4.78, 5) is 13.9. The second kappa shape index (κ2) is 7.33. The van der Waals surface area contributed by atoms with Gasteiger partial charge in [-0.15, -0.1) is 0 Å². The minimum atomic E-state index is -0.520. The Balaban J connectivity index is 1.67. The van der Waals surface area contributed by atoms with E-state index in [-0.39, 0.29) is 5.69 Å². The zero-order valence-electron chi connectivity index (χ0n) is 12.5. The Morgan fingerprint density at radius 1 is 1.16 bits per heavy atom. The van der Waals surface area contributed by atoms with Gasteiger partial charge in [-0.3, -0.25) is 15.5 Å². The van der Waals surface area contributed by atoms with Gasteiger partial charge >= 0.3 is 0 Å². The normalized spacial score (nSPS) is 11.0. The van der Waals surface area contributed by atoms with Gasteiger partial charge in [0.15, 0.2) is 0 Å². The molecule has 0 saturated heterocycles. The van der Waals surface area contributed by atoms with E-state index in [1.165, 1.54) is 18.3 Å². The second-order valence-electron chi connectivity index (χ2n) is 4.86. The predicted molar refractivity (Wildman–Crippen MR) is 96.3 cm³/mol. The summed E-state index contributed by atoms with van der Waals surface area (Å²) >= 11 is 11.9. The zero-order chi connectivity index (χ0) is 17.8. The molecule has 0 bridgehead atoms. The number of aromatic nitrogens is 1. The topological polar surface area (TPSA) is 93.6 Å². The molecule has 0 aliphatic heterocycles. The summed E-state index contributed by atoms with van der Waals surface area (Å²) in [5.74, 6) is 1.50. The van der Waals surface area contributed by atoms with Gasteiger partial charge in [-0.2, -0.15) is 5.10 Å². The van der Waals surface area contributed by atoms with Gasteiger partial charge < -0.3 is 4.42 Å². The largest absolute Gasteiger partial charge is 0.455 e. The number of hydrazone groups is 1. The predicted octanol–water partition coefficient (Wildman–Crippen LogP) is 5.00. The van der Waals surface area contributed by atoms with Gasteiger partial charge in [0.2, 0.25) is 0 Å². The van der Waals surface area contributed by atoms with Gasteiger partial charge in [-0.25, -0.2) is 4.98 Å². The van der Waals surface area contributed by atoms with E-state index in [2.05, 4.69) is 15.5 Å². The summed E-state index contributed by atoms with van der Waals surface area (Å²) in [6, 6.07) is 11.5. The van der Waals surface area contributed by atoms with Crippen LogP contribution >= 0.6 is 23.2 Å². The molecule has 3 aromatic rings. The standard InChI is InChI=1S/C16H10Cl2N4O3/c17-13-4-1-10(7-14(13)18)15-5-3-12(25-15)9-20-21-16-6-2-11(8-19-16)22(23)24/h1-9H,(H,19,21)/b20-9+. The number of nitro groups is 1. The van der Waals surface area contributed by atoms with Crippen LogP contribution in [0.2, 0.25) is 10.0 Å². The minimum absolute atomic E-state index is 0.0909. The number of rotatable bonds is 5. The molecule has 0 spiro atoms. The van der Waals surface area contributed by atoms with E-state index in [9.17, 15) is 10.1 Å². The Morgan fingerprint density at radius 3 is 2.68 bits per heavy atom. The average molecular weight is 377 g/mol. The molecule has 7 nitrogen and oxygen atoms in total.